The summed E-state index contributed by atoms with van der Waals surface area (Å²) in [6.07, 6.45) is 0. The van der Waals surface area contributed by atoms with Gasteiger partial charge in [0.1, 0.15) is 28.9 Å². The van der Waals surface area contributed by atoms with Gasteiger partial charge in [-0.15, -0.1) is 0 Å². The predicted octanol–water partition coefficient (Wildman–Crippen LogP) is 5.02. The number of rotatable bonds is 8. The Morgan fingerprint density at radius 2 is 1.61 bits per heavy atom. The number of ether oxygens (including phenoxy) is 4. The number of ketones is 1. The number of carbonyl (C=O) groups is 2. The lowest BCUT2D eigenvalue weighted by atomic mass is 9.94. The third-order valence-corrected chi connectivity index (χ3v) is 6.08. The minimum atomic E-state index is -1.31. The number of carbonyl (C=O) groups excluding carboxylic acids is 2. The Hall–Kier alpha value is -4.60. The Morgan fingerprint density at radius 1 is 0.895 bits per heavy atom. The third-order valence-electron chi connectivity index (χ3n) is 6.08. The van der Waals surface area contributed by atoms with Crippen molar-refractivity contribution in [2.45, 2.75) is 13.0 Å². The van der Waals surface area contributed by atoms with Crippen molar-refractivity contribution in [3.63, 3.8) is 0 Å². The van der Waals surface area contributed by atoms with Crippen LogP contribution in [0.25, 0.3) is 5.76 Å². The monoisotopic (exact) mass is 525 g/mol. The van der Waals surface area contributed by atoms with Crippen LogP contribution in [0.2, 0.25) is 0 Å². The van der Waals surface area contributed by atoms with Crippen molar-refractivity contribution in [3.05, 3.63) is 82.9 Å². The molecule has 1 aliphatic heterocycles. The molecule has 8 nitrogen and oxygen atoms in total. The fraction of sp³-hybridized carbons (Fsp3) is 0.214. The lowest BCUT2D eigenvalue weighted by Gasteiger charge is -2.26. The molecular formula is C28H25F2NO7. The SMILES string of the molecule is CCOc1cc(C2/C(=C(\O)c3cc(OC)ccc3OC)C(=O)C(=O)N2c2ccc(F)cc2F)ccc1OC. The van der Waals surface area contributed by atoms with Crippen LogP contribution >= 0.6 is 0 Å². The summed E-state index contributed by atoms with van der Waals surface area (Å²) in [7, 11) is 4.25. The van der Waals surface area contributed by atoms with E-state index in [0.29, 0.717) is 28.9 Å². The van der Waals surface area contributed by atoms with Crippen LogP contribution in [0.4, 0.5) is 14.5 Å². The molecule has 1 atom stereocenters. The lowest BCUT2D eigenvalue weighted by Crippen LogP contribution is -2.30. The van der Waals surface area contributed by atoms with Crippen molar-refractivity contribution >= 4 is 23.1 Å². The van der Waals surface area contributed by atoms with Gasteiger partial charge in [-0.1, -0.05) is 6.07 Å². The highest BCUT2D eigenvalue weighted by Crippen LogP contribution is 2.46. The summed E-state index contributed by atoms with van der Waals surface area (Å²) < 4.78 is 50.3. The first-order chi connectivity index (χ1) is 18.2. The van der Waals surface area contributed by atoms with Gasteiger partial charge in [-0.3, -0.25) is 14.5 Å². The van der Waals surface area contributed by atoms with E-state index in [4.69, 9.17) is 18.9 Å². The molecule has 1 fully saturated rings. The van der Waals surface area contributed by atoms with Gasteiger partial charge in [-0.2, -0.15) is 0 Å². The molecular weight excluding hydrogens is 500 g/mol. The number of anilines is 1. The van der Waals surface area contributed by atoms with Crippen LogP contribution in [0.5, 0.6) is 23.0 Å². The average molecular weight is 526 g/mol. The second kappa shape index (κ2) is 10.8. The highest BCUT2D eigenvalue weighted by molar-refractivity contribution is 6.51. The first kappa shape index (κ1) is 26.5. The van der Waals surface area contributed by atoms with Crippen LogP contribution in [-0.4, -0.2) is 44.7 Å². The van der Waals surface area contributed by atoms with Gasteiger partial charge in [-0.05, 0) is 55.0 Å². The molecule has 0 aromatic heterocycles. The maximum Gasteiger partial charge on any atom is 0.300 e. The largest absolute Gasteiger partial charge is 0.507 e. The molecule has 0 saturated carbocycles. The topological polar surface area (TPSA) is 94.5 Å². The van der Waals surface area contributed by atoms with Gasteiger partial charge >= 0.3 is 0 Å². The maximum atomic E-state index is 15.0. The van der Waals surface area contributed by atoms with Crippen molar-refractivity contribution in [1.82, 2.24) is 0 Å². The van der Waals surface area contributed by atoms with Gasteiger partial charge < -0.3 is 24.1 Å². The van der Waals surface area contributed by atoms with Crippen molar-refractivity contribution < 1.29 is 42.4 Å². The molecule has 1 amide bonds. The Balaban J connectivity index is 2.03. The fourth-order valence-electron chi connectivity index (χ4n) is 4.35. The molecule has 0 bridgehead atoms. The fourth-order valence-corrected chi connectivity index (χ4v) is 4.35. The van der Waals surface area contributed by atoms with Crippen LogP contribution in [0.3, 0.4) is 0 Å². The van der Waals surface area contributed by atoms with Gasteiger partial charge in [0, 0.05) is 6.07 Å². The van der Waals surface area contributed by atoms with Gasteiger partial charge in [0.25, 0.3) is 11.7 Å². The standard InChI is InChI=1S/C28H25F2NO7/c1-5-38-23-12-15(6-10-22(23)37-4)25-24(26(32)18-14-17(35-2)8-11-21(18)36-3)27(33)28(34)31(25)20-9-7-16(29)13-19(20)30/h6-14,25,32H,5H2,1-4H3/b26-24+. The minimum absolute atomic E-state index is 0.0768. The summed E-state index contributed by atoms with van der Waals surface area (Å²) in [6.45, 7) is 2.05. The summed E-state index contributed by atoms with van der Waals surface area (Å²) in [6, 6.07) is 10.5. The number of nitrogens with zero attached hydrogens (tertiary/aromatic N) is 1. The second-order valence-electron chi connectivity index (χ2n) is 8.17. The van der Waals surface area contributed by atoms with Crippen LogP contribution in [-0.2, 0) is 9.59 Å². The molecule has 10 heteroatoms. The molecule has 1 saturated heterocycles. The zero-order chi connectivity index (χ0) is 27.6. The van der Waals surface area contributed by atoms with Crippen molar-refractivity contribution in [3.8, 4) is 23.0 Å². The normalized spacial score (nSPS) is 16.5. The van der Waals surface area contributed by atoms with E-state index < -0.39 is 35.1 Å². The molecule has 38 heavy (non-hydrogen) atoms. The summed E-state index contributed by atoms with van der Waals surface area (Å²) in [5.41, 5.74) is -0.296. The summed E-state index contributed by atoms with van der Waals surface area (Å²) in [5.74, 6) is -3.43. The second-order valence-corrected chi connectivity index (χ2v) is 8.17. The molecule has 3 aromatic rings. The van der Waals surface area contributed by atoms with E-state index in [1.54, 1.807) is 25.1 Å². The quantitative estimate of drug-likeness (QED) is 0.251. The summed E-state index contributed by atoms with van der Waals surface area (Å²) in [5, 5.41) is 11.5. The number of hydrogen-bond donors (Lipinski definition) is 1. The average Bonchev–Trinajstić information content (AvgIpc) is 3.18. The van der Waals surface area contributed by atoms with E-state index in [-0.39, 0.29) is 29.2 Å². The maximum absolute atomic E-state index is 15.0. The third kappa shape index (κ3) is 4.60. The van der Waals surface area contributed by atoms with E-state index in [2.05, 4.69) is 0 Å². The lowest BCUT2D eigenvalue weighted by molar-refractivity contribution is -0.132. The number of halogens is 2. The zero-order valence-electron chi connectivity index (χ0n) is 21.1. The molecule has 198 valence electrons. The Morgan fingerprint density at radius 3 is 2.24 bits per heavy atom. The number of hydrogen-bond acceptors (Lipinski definition) is 7. The molecule has 1 heterocycles. The molecule has 0 spiro atoms. The molecule has 4 rings (SSSR count). The number of aliphatic hydroxyl groups excluding tert-OH is 1. The molecule has 0 aliphatic carbocycles. The van der Waals surface area contributed by atoms with E-state index in [1.165, 1.54) is 39.5 Å². The highest BCUT2D eigenvalue weighted by Gasteiger charge is 2.48. The number of aliphatic hydroxyl groups is 1. The number of amides is 1. The van der Waals surface area contributed by atoms with Gasteiger partial charge in [0.05, 0.1) is 50.8 Å². The molecule has 0 radical (unpaired) electrons. The van der Waals surface area contributed by atoms with Crippen molar-refractivity contribution in [2.75, 3.05) is 32.8 Å². The van der Waals surface area contributed by atoms with Crippen molar-refractivity contribution in [1.29, 1.82) is 0 Å². The van der Waals surface area contributed by atoms with Crippen LogP contribution in [0, 0.1) is 11.6 Å². The zero-order valence-corrected chi connectivity index (χ0v) is 21.1. The first-order valence-corrected chi connectivity index (χ1v) is 11.5. The van der Waals surface area contributed by atoms with E-state index in [0.717, 1.165) is 17.0 Å². The Kier molecular flexibility index (Phi) is 7.52. The van der Waals surface area contributed by atoms with Crippen LogP contribution in [0.15, 0.2) is 60.2 Å². The molecule has 3 aromatic carbocycles. The van der Waals surface area contributed by atoms with Crippen LogP contribution in [0.1, 0.15) is 24.1 Å². The number of methoxy groups -OCH3 is 3. The Labute approximate surface area is 217 Å². The van der Waals surface area contributed by atoms with Gasteiger partial charge in [-0.25, -0.2) is 8.78 Å². The summed E-state index contributed by atoms with van der Waals surface area (Å²) in [4.78, 5) is 27.6. The van der Waals surface area contributed by atoms with Crippen molar-refractivity contribution in [2.24, 2.45) is 0 Å². The molecule has 1 N–H and O–H groups in total. The smallest absolute Gasteiger partial charge is 0.300 e. The van der Waals surface area contributed by atoms with Gasteiger partial charge in [0.15, 0.2) is 11.5 Å². The number of Topliss-reactive ketones (excluding diaryl/α,β-unsaturated/α-hetero) is 1. The van der Waals surface area contributed by atoms with E-state index in [1.807, 2.05) is 0 Å². The van der Waals surface area contributed by atoms with Gasteiger partial charge in [0.2, 0.25) is 0 Å². The minimum Gasteiger partial charge on any atom is -0.507 e. The highest BCUT2D eigenvalue weighted by atomic mass is 19.1. The molecule has 1 aliphatic rings. The predicted molar refractivity (Wildman–Crippen MR) is 135 cm³/mol. The van der Waals surface area contributed by atoms with E-state index in [9.17, 15) is 23.5 Å². The van der Waals surface area contributed by atoms with Crippen LogP contribution < -0.4 is 23.8 Å². The first-order valence-electron chi connectivity index (χ1n) is 11.5. The molecule has 1 unspecified atom stereocenters. The van der Waals surface area contributed by atoms with E-state index >= 15 is 0 Å². The number of benzene rings is 3. The Bertz CT molecular complexity index is 1440. The summed E-state index contributed by atoms with van der Waals surface area (Å²) >= 11 is 0.